The minimum Gasteiger partial charge on any atom is -0.465 e. The number of hydrogen-bond acceptors (Lipinski definition) is 6. The maximum atomic E-state index is 12.7. The molecule has 3 rings (SSSR count). The van der Waals surface area contributed by atoms with Gasteiger partial charge >= 0.3 is 5.97 Å². The van der Waals surface area contributed by atoms with Crippen LogP contribution in [-0.2, 0) is 9.53 Å². The van der Waals surface area contributed by atoms with E-state index < -0.39 is 11.9 Å². The van der Waals surface area contributed by atoms with Gasteiger partial charge in [-0.15, -0.1) is 11.3 Å². The molecule has 1 aromatic carbocycles. The highest BCUT2D eigenvalue weighted by molar-refractivity contribution is 7.16. The molecular weight excluding hydrogens is 436 g/mol. The minimum atomic E-state index is -0.648. The number of halogens is 1. The van der Waals surface area contributed by atoms with Crippen LogP contribution in [0, 0.1) is 11.3 Å². The van der Waals surface area contributed by atoms with Crippen molar-refractivity contribution in [1.29, 1.82) is 5.26 Å². The van der Waals surface area contributed by atoms with Crippen molar-refractivity contribution in [2.24, 2.45) is 0 Å². The standard InChI is InChI=1S/C23H19ClN2O4S/c1-13(2)20-11-18(23(28)29-3)22(31-20)26-21(27)15(12-25)10-17-7-8-19(30-17)14-5-4-6-16(24)9-14/h4-11,13H,1-3H3,(H,26,27). The zero-order valence-electron chi connectivity index (χ0n) is 17.1. The number of furan rings is 1. The van der Waals surface area contributed by atoms with Crippen molar-refractivity contribution in [3.05, 3.63) is 69.3 Å². The Morgan fingerprint density at radius 2 is 2.03 bits per heavy atom. The van der Waals surface area contributed by atoms with E-state index in [1.165, 1.54) is 24.5 Å². The van der Waals surface area contributed by atoms with Gasteiger partial charge in [-0.3, -0.25) is 4.79 Å². The topological polar surface area (TPSA) is 92.3 Å². The lowest BCUT2D eigenvalue weighted by Gasteiger charge is -2.04. The number of thiophene rings is 1. The van der Waals surface area contributed by atoms with Gasteiger partial charge in [0.05, 0.1) is 12.7 Å². The predicted molar refractivity (Wildman–Crippen MR) is 121 cm³/mol. The second kappa shape index (κ2) is 9.65. The van der Waals surface area contributed by atoms with Gasteiger partial charge in [0.15, 0.2) is 0 Å². The molecule has 0 radical (unpaired) electrons. The fraction of sp³-hybridized carbons (Fsp3) is 0.174. The number of nitrogens with zero attached hydrogens (tertiary/aromatic N) is 1. The summed E-state index contributed by atoms with van der Waals surface area (Å²) in [6.07, 6.45) is 1.35. The Kier molecular flexibility index (Phi) is 6.95. The molecular formula is C23H19ClN2O4S. The first-order valence-corrected chi connectivity index (χ1v) is 10.5. The highest BCUT2D eigenvalue weighted by Gasteiger charge is 2.21. The van der Waals surface area contributed by atoms with E-state index in [0.29, 0.717) is 21.5 Å². The number of hydrogen-bond donors (Lipinski definition) is 1. The number of ether oxygens (including phenoxy) is 1. The van der Waals surface area contributed by atoms with E-state index in [1.54, 1.807) is 36.4 Å². The molecule has 158 valence electrons. The van der Waals surface area contributed by atoms with E-state index in [9.17, 15) is 14.9 Å². The molecule has 0 unspecified atom stereocenters. The number of methoxy groups -OCH3 is 1. The van der Waals surface area contributed by atoms with E-state index in [0.717, 1.165) is 10.4 Å². The molecule has 0 saturated carbocycles. The molecule has 1 amide bonds. The fourth-order valence-electron chi connectivity index (χ4n) is 2.74. The molecule has 31 heavy (non-hydrogen) atoms. The molecule has 0 bridgehead atoms. The molecule has 8 heteroatoms. The molecule has 6 nitrogen and oxygen atoms in total. The van der Waals surface area contributed by atoms with Gasteiger partial charge in [0.25, 0.3) is 5.91 Å². The maximum Gasteiger partial charge on any atom is 0.340 e. The molecule has 0 aliphatic rings. The van der Waals surface area contributed by atoms with Gasteiger partial charge in [-0.25, -0.2) is 4.79 Å². The van der Waals surface area contributed by atoms with Crippen LogP contribution < -0.4 is 5.32 Å². The van der Waals surface area contributed by atoms with Crippen LogP contribution in [-0.4, -0.2) is 19.0 Å². The highest BCUT2D eigenvalue weighted by atomic mass is 35.5. The Labute approximate surface area is 188 Å². The van der Waals surface area contributed by atoms with Gasteiger partial charge < -0.3 is 14.5 Å². The van der Waals surface area contributed by atoms with Gasteiger partial charge in [0.1, 0.15) is 28.2 Å². The molecule has 0 fully saturated rings. The van der Waals surface area contributed by atoms with E-state index in [4.69, 9.17) is 20.8 Å². The summed E-state index contributed by atoms with van der Waals surface area (Å²) in [7, 11) is 1.27. The Hall–Kier alpha value is -3.34. The summed E-state index contributed by atoms with van der Waals surface area (Å²) >= 11 is 7.28. The number of anilines is 1. The van der Waals surface area contributed by atoms with Crippen LogP contribution in [0.3, 0.4) is 0 Å². The van der Waals surface area contributed by atoms with Crippen molar-refractivity contribution in [3.63, 3.8) is 0 Å². The Bertz CT molecular complexity index is 1200. The number of benzene rings is 1. The summed E-state index contributed by atoms with van der Waals surface area (Å²) in [4.78, 5) is 25.7. The van der Waals surface area contributed by atoms with Gasteiger partial charge in [-0.1, -0.05) is 37.6 Å². The van der Waals surface area contributed by atoms with Crippen LogP contribution in [0.2, 0.25) is 5.02 Å². The van der Waals surface area contributed by atoms with E-state index in [2.05, 4.69) is 5.32 Å². The molecule has 2 aromatic heterocycles. The van der Waals surface area contributed by atoms with Gasteiger partial charge in [0.2, 0.25) is 0 Å². The average Bonchev–Trinajstić information content (AvgIpc) is 3.38. The molecule has 0 aliphatic carbocycles. The largest absolute Gasteiger partial charge is 0.465 e. The fourth-order valence-corrected chi connectivity index (χ4v) is 3.97. The molecule has 0 aliphatic heterocycles. The number of carbonyl (C=O) groups excluding carboxylic acids is 2. The first-order chi connectivity index (χ1) is 14.8. The van der Waals surface area contributed by atoms with Crippen LogP contribution in [0.25, 0.3) is 17.4 Å². The van der Waals surface area contributed by atoms with E-state index >= 15 is 0 Å². The molecule has 0 saturated heterocycles. The second-order valence-corrected chi connectivity index (χ2v) is 8.39. The summed E-state index contributed by atoms with van der Waals surface area (Å²) in [5.41, 5.74) is 0.864. The lowest BCUT2D eigenvalue weighted by atomic mass is 10.1. The van der Waals surface area contributed by atoms with Crippen molar-refractivity contribution >= 4 is 45.9 Å². The number of esters is 1. The number of amides is 1. The third kappa shape index (κ3) is 5.23. The van der Waals surface area contributed by atoms with Crippen molar-refractivity contribution in [2.45, 2.75) is 19.8 Å². The van der Waals surface area contributed by atoms with Crippen molar-refractivity contribution < 1.29 is 18.7 Å². The SMILES string of the molecule is COC(=O)c1cc(C(C)C)sc1NC(=O)C(C#N)=Cc1ccc(-c2cccc(Cl)c2)o1. The summed E-state index contributed by atoms with van der Waals surface area (Å²) in [6, 6.07) is 14.1. The van der Waals surface area contributed by atoms with Gasteiger partial charge in [-0.05, 0) is 36.2 Å². The summed E-state index contributed by atoms with van der Waals surface area (Å²) < 4.78 is 10.5. The third-order valence-electron chi connectivity index (χ3n) is 4.34. The molecule has 1 N–H and O–H groups in total. The Morgan fingerprint density at radius 1 is 1.26 bits per heavy atom. The zero-order valence-corrected chi connectivity index (χ0v) is 18.6. The Morgan fingerprint density at radius 3 is 2.68 bits per heavy atom. The predicted octanol–water partition coefficient (Wildman–Crippen LogP) is 6.12. The molecule has 3 aromatic rings. The third-order valence-corrected chi connectivity index (χ3v) is 5.93. The van der Waals surface area contributed by atoms with Crippen LogP contribution in [0.4, 0.5) is 5.00 Å². The van der Waals surface area contributed by atoms with Gasteiger partial charge in [0, 0.05) is 21.5 Å². The first kappa shape index (κ1) is 22.3. The number of nitriles is 1. The summed E-state index contributed by atoms with van der Waals surface area (Å²) in [6.45, 7) is 3.96. The highest BCUT2D eigenvalue weighted by Crippen LogP contribution is 2.34. The molecule has 0 atom stereocenters. The lowest BCUT2D eigenvalue weighted by molar-refractivity contribution is -0.112. The van der Waals surface area contributed by atoms with Crippen molar-refractivity contribution in [1.82, 2.24) is 0 Å². The smallest absolute Gasteiger partial charge is 0.340 e. The number of nitrogens with one attached hydrogen (secondary N) is 1. The maximum absolute atomic E-state index is 12.7. The lowest BCUT2D eigenvalue weighted by Crippen LogP contribution is -2.15. The number of carbonyl (C=O) groups is 2. The van der Waals surface area contributed by atoms with Crippen LogP contribution >= 0.6 is 22.9 Å². The van der Waals surface area contributed by atoms with Crippen LogP contribution in [0.5, 0.6) is 0 Å². The van der Waals surface area contributed by atoms with Crippen LogP contribution in [0.1, 0.15) is 40.8 Å². The summed E-state index contributed by atoms with van der Waals surface area (Å²) in [5, 5.41) is 13.0. The van der Waals surface area contributed by atoms with Crippen molar-refractivity contribution in [2.75, 3.05) is 12.4 Å². The average molecular weight is 455 g/mol. The van der Waals surface area contributed by atoms with Crippen LogP contribution in [0.15, 0.2) is 52.5 Å². The monoisotopic (exact) mass is 454 g/mol. The Balaban J connectivity index is 1.85. The first-order valence-electron chi connectivity index (χ1n) is 9.33. The summed E-state index contributed by atoms with van der Waals surface area (Å²) in [5.74, 6) is -0.148. The molecule has 0 spiro atoms. The minimum absolute atomic E-state index is 0.165. The normalized spacial score (nSPS) is 11.3. The molecule has 2 heterocycles. The zero-order chi connectivity index (χ0) is 22.5. The van der Waals surface area contributed by atoms with Crippen molar-refractivity contribution in [3.8, 4) is 17.4 Å². The van der Waals surface area contributed by atoms with E-state index in [1.807, 2.05) is 26.0 Å². The second-order valence-electron chi connectivity index (χ2n) is 6.87. The van der Waals surface area contributed by atoms with E-state index in [-0.39, 0.29) is 17.1 Å². The number of rotatable bonds is 6. The van der Waals surface area contributed by atoms with Gasteiger partial charge in [-0.2, -0.15) is 5.26 Å². The quantitative estimate of drug-likeness (QED) is 0.275.